The summed E-state index contributed by atoms with van der Waals surface area (Å²) >= 11 is 0. The maximum Gasteiger partial charge on any atom is 0.192 e. The van der Waals surface area contributed by atoms with E-state index in [1.165, 1.54) is 0 Å². The second-order valence-corrected chi connectivity index (χ2v) is 5.86. The molecule has 24 heavy (non-hydrogen) atoms. The number of hydrogen-bond donors (Lipinski definition) is 0. The van der Waals surface area contributed by atoms with E-state index >= 15 is 0 Å². The smallest absolute Gasteiger partial charge is 0.192 e. The Hall–Kier alpha value is -3.13. The fourth-order valence-electron chi connectivity index (χ4n) is 3.25. The van der Waals surface area contributed by atoms with Crippen LogP contribution in [0.2, 0.25) is 0 Å². The molecule has 0 aliphatic rings. The van der Waals surface area contributed by atoms with Gasteiger partial charge in [-0.05, 0) is 36.8 Å². The van der Waals surface area contributed by atoms with E-state index in [-0.39, 0.29) is 5.43 Å². The quantitative estimate of drug-likeness (QED) is 0.512. The van der Waals surface area contributed by atoms with Gasteiger partial charge in [0.1, 0.15) is 0 Å². The Bertz CT molecular complexity index is 1060. The molecule has 1 aromatic heterocycles. The van der Waals surface area contributed by atoms with Crippen molar-refractivity contribution < 1.29 is 0 Å². The largest absolute Gasteiger partial charge is 0.309 e. The second kappa shape index (κ2) is 5.82. The highest BCUT2D eigenvalue weighted by Gasteiger charge is 2.16. The molecule has 3 aromatic carbocycles. The number of benzene rings is 3. The van der Waals surface area contributed by atoms with E-state index in [2.05, 4.69) is 28.8 Å². The summed E-state index contributed by atoms with van der Waals surface area (Å²) in [4.78, 5) is 12.9. The maximum atomic E-state index is 12.9. The third kappa shape index (κ3) is 2.24. The molecule has 0 radical (unpaired) electrons. The minimum Gasteiger partial charge on any atom is -0.309 e. The Balaban J connectivity index is 2.22. The first-order chi connectivity index (χ1) is 11.8. The van der Waals surface area contributed by atoms with Crippen molar-refractivity contribution in [3.05, 3.63) is 101 Å². The van der Waals surface area contributed by atoms with Crippen LogP contribution in [0.15, 0.2) is 89.7 Å². The van der Waals surface area contributed by atoms with E-state index in [4.69, 9.17) is 0 Å². The number of fused-ring (bicyclic) bond motifs is 1. The minimum absolute atomic E-state index is 0.0941. The van der Waals surface area contributed by atoms with Crippen molar-refractivity contribution in [2.45, 2.75) is 6.92 Å². The molecule has 4 rings (SSSR count). The number of aromatic nitrogens is 1. The van der Waals surface area contributed by atoms with E-state index < -0.39 is 0 Å². The van der Waals surface area contributed by atoms with Crippen molar-refractivity contribution in [2.24, 2.45) is 0 Å². The lowest BCUT2D eigenvalue weighted by atomic mass is 10.0. The summed E-state index contributed by atoms with van der Waals surface area (Å²) in [7, 11) is 0. The Morgan fingerprint density at radius 3 is 2.00 bits per heavy atom. The average molecular weight is 311 g/mol. The topological polar surface area (TPSA) is 22.0 Å². The summed E-state index contributed by atoms with van der Waals surface area (Å²) in [5.74, 6) is 0. The Labute approximate surface area is 140 Å². The van der Waals surface area contributed by atoms with Crippen LogP contribution >= 0.6 is 0 Å². The summed E-state index contributed by atoms with van der Waals surface area (Å²) in [6.45, 7) is 1.91. The van der Waals surface area contributed by atoms with Crippen molar-refractivity contribution in [1.82, 2.24) is 4.57 Å². The molecular weight excluding hydrogens is 294 g/mol. The molecule has 0 bridgehead atoms. The van der Waals surface area contributed by atoms with Gasteiger partial charge in [0.15, 0.2) is 5.43 Å². The molecule has 0 aliphatic carbocycles. The SMILES string of the molecule is Cc1c(-c2ccccc2)n(-c2ccccc2)c2ccccc2c1=O. The van der Waals surface area contributed by atoms with E-state index in [1.807, 2.05) is 67.6 Å². The zero-order chi connectivity index (χ0) is 16.5. The van der Waals surface area contributed by atoms with Gasteiger partial charge in [-0.1, -0.05) is 60.7 Å². The normalized spacial score (nSPS) is 10.9. The predicted octanol–water partition coefficient (Wildman–Crippen LogP) is 4.97. The van der Waals surface area contributed by atoms with Gasteiger partial charge in [-0.2, -0.15) is 0 Å². The molecule has 0 atom stereocenters. The minimum atomic E-state index is 0.0941. The van der Waals surface area contributed by atoms with Crippen LogP contribution in [0.1, 0.15) is 5.56 Å². The van der Waals surface area contributed by atoms with Gasteiger partial charge in [-0.25, -0.2) is 0 Å². The predicted molar refractivity (Wildman–Crippen MR) is 99.7 cm³/mol. The van der Waals surface area contributed by atoms with Crippen molar-refractivity contribution in [1.29, 1.82) is 0 Å². The zero-order valence-electron chi connectivity index (χ0n) is 13.4. The van der Waals surface area contributed by atoms with Crippen LogP contribution in [0.3, 0.4) is 0 Å². The van der Waals surface area contributed by atoms with Crippen molar-refractivity contribution in [3.63, 3.8) is 0 Å². The molecule has 0 unspecified atom stereocenters. The van der Waals surface area contributed by atoms with Crippen LogP contribution in [0.25, 0.3) is 27.8 Å². The molecule has 2 nitrogen and oxygen atoms in total. The molecular formula is C22H17NO. The fraction of sp³-hybridized carbons (Fsp3) is 0.0455. The van der Waals surface area contributed by atoms with Gasteiger partial charge < -0.3 is 4.57 Å². The van der Waals surface area contributed by atoms with Crippen molar-refractivity contribution in [3.8, 4) is 16.9 Å². The first kappa shape index (κ1) is 14.5. The average Bonchev–Trinajstić information content (AvgIpc) is 2.66. The van der Waals surface area contributed by atoms with Gasteiger partial charge in [-0.3, -0.25) is 4.79 Å². The molecule has 0 fully saturated rings. The first-order valence-electron chi connectivity index (χ1n) is 8.02. The molecule has 0 N–H and O–H groups in total. The standard InChI is InChI=1S/C22H17NO/c1-16-21(17-10-4-2-5-11-17)23(18-12-6-3-7-13-18)20-15-9-8-14-19(20)22(16)24/h2-15H,1H3. The van der Waals surface area contributed by atoms with Crippen LogP contribution in [0.4, 0.5) is 0 Å². The molecule has 116 valence electrons. The summed E-state index contributed by atoms with van der Waals surface area (Å²) in [6.07, 6.45) is 0. The van der Waals surface area contributed by atoms with Crippen LogP contribution in [-0.2, 0) is 0 Å². The van der Waals surface area contributed by atoms with E-state index in [1.54, 1.807) is 0 Å². The number of nitrogens with zero attached hydrogens (tertiary/aromatic N) is 1. The molecule has 1 heterocycles. The van der Waals surface area contributed by atoms with Gasteiger partial charge in [-0.15, -0.1) is 0 Å². The van der Waals surface area contributed by atoms with Crippen molar-refractivity contribution in [2.75, 3.05) is 0 Å². The fourth-order valence-corrected chi connectivity index (χ4v) is 3.25. The Kier molecular flexibility index (Phi) is 3.51. The van der Waals surface area contributed by atoms with Crippen LogP contribution in [-0.4, -0.2) is 4.57 Å². The molecule has 4 aromatic rings. The summed E-state index contributed by atoms with van der Waals surface area (Å²) in [6, 6.07) is 28.1. The lowest BCUT2D eigenvalue weighted by molar-refractivity contribution is 1.09. The number of pyridine rings is 1. The van der Waals surface area contributed by atoms with Crippen LogP contribution in [0.5, 0.6) is 0 Å². The number of para-hydroxylation sites is 2. The molecule has 0 spiro atoms. The molecule has 2 heteroatoms. The van der Waals surface area contributed by atoms with E-state index in [0.29, 0.717) is 0 Å². The van der Waals surface area contributed by atoms with Crippen molar-refractivity contribution >= 4 is 10.9 Å². The molecule has 0 amide bonds. The molecule has 0 aliphatic heterocycles. The summed E-state index contributed by atoms with van der Waals surface area (Å²) in [5.41, 5.74) is 4.83. The second-order valence-electron chi connectivity index (χ2n) is 5.86. The van der Waals surface area contributed by atoms with Gasteiger partial charge in [0.2, 0.25) is 0 Å². The number of hydrogen-bond acceptors (Lipinski definition) is 1. The highest BCUT2D eigenvalue weighted by molar-refractivity contribution is 5.86. The van der Waals surface area contributed by atoms with Gasteiger partial charge >= 0.3 is 0 Å². The third-order valence-corrected chi connectivity index (χ3v) is 4.37. The Morgan fingerprint density at radius 2 is 1.29 bits per heavy atom. The Morgan fingerprint density at radius 1 is 0.708 bits per heavy atom. The van der Waals surface area contributed by atoms with E-state index in [9.17, 15) is 4.79 Å². The summed E-state index contributed by atoms with van der Waals surface area (Å²) < 4.78 is 2.18. The van der Waals surface area contributed by atoms with Gasteiger partial charge in [0, 0.05) is 16.6 Å². The zero-order valence-corrected chi connectivity index (χ0v) is 13.4. The maximum absolute atomic E-state index is 12.9. The first-order valence-corrected chi connectivity index (χ1v) is 8.02. The number of rotatable bonds is 2. The molecule has 0 saturated carbocycles. The van der Waals surface area contributed by atoms with Crippen LogP contribution < -0.4 is 5.43 Å². The summed E-state index contributed by atoms with van der Waals surface area (Å²) in [5, 5.41) is 0.749. The van der Waals surface area contributed by atoms with Gasteiger partial charge in [0.05, 0.1) is 11.2 Å². The third-order valence-electron chi connectivity index (χ3n) is 4.37. The lowest BCUT2D eigenvalue weighted by Crippen LogP contribution is -2.15. The van der Waals surface area contributed by atoms with Gasteiger partial charge in [0.25, 0.3) is 0 Å². The van der Waals surface area contributed by atoms with Crippen LogP contribution in [0, 0.1) is 6.92 Å². The monoisotopic (exact) mass is 311 g/mol. The highest BCUT2D eigenvalue weighted by atomic mass is 16.1. The highest BCUT2D eigenvalue weighted by Crippen LogP contribution is 2.29. The molecule has 0 saturated heterocycles. The van der Waals surface area contributed by atoms with E-state index in [0.717, 1.165) is 33.4 Å². The lowest BCUT2D eigenvalue weighted by Gasteiger charge is -2.19.